The monoisotopic (exact) mass is 292 g/mol. The Morgan fingerprint density at radius 2 is 2.29 bits per heavy atom. The van der Waals surface area contributed by atoms with Crippen LogP contribution in [0.15, 0.2) is 24.3 Å². The van der Waals surface area contributed by atoms with Crippen LogP contribution in [0.1, 0.15) is 18.4 Å². The maximum absolute atomic E-state index is 12.0. The van der Waals surface area contributed by atoms with E-state index in [0.717, 1.165) is 37.2 Å². The number of hydrogen-bond donors (Lipinski definition) is 2. The highest BCUT2D eigenvalue weighted by atomic mass is 16.5. The standard InChI is InChI=1S/C16H24N2O3/c1-21-15-5-3-2-4-14(15)10-17-16(20)12-18-8-6-13(11-18)7-9-19/h2-5,13,19H,6-12H2,1H3,(H,17,20). The van der Waals surface area contributed by atoms with Crippen molar-refractivity contribution in [2.45, 2.75) is 19.4 Å². The van der Waals surface area contributed by atoms with E-state index in [2.05, 4.69) is 10.2 Å². The fourth-order valence-electron chi connectivity index (χ4n) is 2.78. The summed E-state index contributed by atoms with van der Waals surface area (Å²) in [5.41, 5.74) is 0.980. The number of rotatable bonds is 7. The summed E-state index contributed by atoms with van der Waals surface area (Å²) >= 11 is 0. The Bertz CT molecular complexity index is 465. The van der Waals surface area contributed by atoms with Crippen molar-refractivity contribution in [3.05, 3.63) is 29.8 Å². The summed E-state index contributed by atoms with van der Waals surface area (Å²) < 4.78 is 5.27. The SMILES string of the molecule is COc1ccccc1CNC(=O)CN1CCC(CCO)C1. The fraction of sp³-hybridized carbons (Fsp3) is 0.562. The second kappa shape index (κ2) is 8.00. The van der Waals surface area contributed by atoms with Gasteiger partial charge < -0.3 is 15.2 Å². The summed E-state index contributed by atoms with van der Waals surface area (Å²) in [6.07, 6.45) is 1.90. The number of amides is 1. The summed E-state index contributed by atoms with van der Waals surface area (Å²) in [4.78, 5) is 14.1. The first-order valence-corrected chi connectivity index (χ1v) is 7.44. The Hall–Kier alpha value is -1.59. The lowest BCUT2D eigenvalue weighted by Crippen LogP contribution is -2.35. The number of hydrogen-bond acceptors (Lipinski definition) is 4. The van der Waals surface area contributed by atoms with Crippen LogP contribution in [-0.2, 0) is 11.3 Å². The number of aliphatic hydroxyl groups excluding tert-OH is 1. The smallest absolute Gasteiger partial charge is 0.234 e. The molecule has 0 saturated carbocycles. The molecule has 1 heterocycles. The molecular weight excluding hydrogens is 268 g/mol. The average molecular weight is 292 g/mol. The molecule has 0 radical (unpaired) electrons. The molecule has 0 aromatic heterocycles. The molecule has 1 aliphatic heterocycles. The van der Waals surface area contributed by atoms with Crippen molar-refractivity contribution in [3.63, 3.8) is 0 Å². The largest absolute Gasteiger partial charge is 0.496 e. The minimum absolute atomic E-state index is 0.0329. The number of nitrogens with one attached hydrogen (secondary N) is 1. The summed E-state index contributed by atoms with van der Waals surface area (Å²) in [7, 11) is 1.63. The Morgan fingerprint density at radius 1 is 1.48 bits per heavy atom. The summed E-state index contributed by atoms with van der Waals surface area (Å²) in [6.45, 7) is 2.99. The zero-order valence-corrected chi connectivity index (χ0v) is 12.5. The van der Waals surface area contributed by atoms with Crippen molar-refractivity contribution >= 4 is 5.91 Å². The van der Waals surface area contributed by atoms with Crippen molar-refractivity contribution in [1.82, 2.24) is 10.2 Å². The molecular formula is C16H24N2O3. The highest BCUT2D eigenvalue weighted by Crippen LogP contribution is 2.19. The first-order chi connectivity index (χ1) is 10.2. The topological polar surface area (TPSA) is 61.8 Å². The van der Waals surface area contributed by atoms with Crippen LogP contribution in [0.25, 0.3) is 0 Å². The number of nitrogens with zero attached hydrogens (tertiary/aromatic N) is 1. The molecule has 1 amide bonds. The molecule has 0 spiro atoms. The van der Waals surface area contributed by atoms with Gasteiger partial charge in [-0.3, -0.25) is 9.69 Å². The van der Waals surface area contributed by atoms with Crippen LogP contribution in [0, 0.1) is 5.92 Å². The Morgan fingerprint density at radius 3 is 3.05 bits per heavy atom. The predicted molar refractivity (Wildman–Crippen MR) is 81.1 cm³/mol. The van der Waals surface area contributed by atoms with Gasteiger partial charge in [0.05, 0.1) is 13.7 Å². The summed E-state index contributed by atoms with van der Waals surface area (Å²) in [6, 6.07) is 7.69. The van der Waals surface area contributed by atoms with E-state index in [1.165, 1.54) is 0 Å². The molecule has 1 aliphatic rings. The van der Waals surface area contributed by atoms with Gasteiger partial charge in [0.1, 0.15) is 5.75 Å². The number of methoxy groups -OCH3 is 1. The minimum Gasteiger partial charge on any atom is -0.496 e. The van der Waals surface area contributed by atoms with Gasteiger partial charge in [0, 0.05) is 25.3 Å². The molecule has 2 N–H and O–H groups in total. The van der Waals surface area contributed by atoms with Crippen molar-refractivity contribution in [2.24, 2.45) is 5.92 Å². The lowest BCUT2D eigenvalue weighted by Gasteiger charge is -2.16. The number of ether oxygens (including phenoxy) is 1. The fourth-order valence-corrected chi connectivity index (χ4v) is 2.78. The number of carbonyl (C=O) groups is 1. The van der Waals surface area contributed by atoms with Crippen LogP contribution >= 0.6 is 0 Å². The molecule has 5 nitrogen and oxygen atoms in total. The van der Waals surface area contributed by atoms with Gasteiger partial charge in [-0.15, -0.1) is 0 Å². The van der Waals surface area contributed by atoms with Crippen molar-refractivity contribution in [1.29, 1.82) is 0 Å². The van der Waals surface area contributed by atoms with E-state index < -0.39 is 0 Å². The van der Waals surface area contributed by atoms with Crippen LogP contribution in [0.3, 0.4) is 0 Å². The highest BCUT2D eigenvalue weighted by Gasteiger charge is 2.23. The number of aliphatic hydroxyl groups is 1. The molecule has 0 aliphatic carbocycles. The predicted octanol–water partition coefficient (Wildman–Crippen LogP) is 1.02. The second-order valence-electron chi connectivity index (χ2n) is 5.49. The first kappa shape index (κ1) is 15.8. The van der Waals surface area contributed by atoms with E-state index in [1.54, 1.807) is 7.11 Å². The molecule has 1 fully saturated rings. The van der Waals surface area contributed by atoms with Gasteiger partial charge in [0.25, 0.3) is 0 Å². The van der Waals surface area contributed by atoms with E-state index in [1.807, 2.05) is 24.3 Å². The molecule has 116 valence electrons. The average Bonchev–Trinajstić information content (AvgIpc) is 2.93. The van der Waals surface area contributed by atoms with E-state index in [0.29, 0.717) is 19.0 Å². The van der Waals surface area contributed by atoms with Crippen LogP contribution in [0.4, 0.5) is 0 Å². The maximum atomic E-state index is 12.0. The number of carbonyl (C=O) groups excluding carboxylic acids is 1. The Balaban J connectivity index is 1.75. The molecule has 2 rings (SSSR count). The van der Waals surface area contributed by atoms with Gasteiger partial charge in [-0.05, 0) is 31.4 Å². The van der Waals surface area contributed by atoms with Gasteiger partial charge in [-0.2, -0.15) is 0 Å². The van der Waals surface area contributed by atoms with E-state index >= 15 is 0 Å². The first-order valence-electron chi connectivity index (χ1n) is 7.44. The van der Waals surface area contributed by atoms with Gasteiger partial charge >= 0.3 is 0 Å². The molecule has 1 unspecified atom stereocenters. The quantitative estimate of drug-likeness (QED) is 0.787. The molecule has 1 aromatic rings. The lowest BCUT2D eigenvalue weighted by atomic mass is 10.1. The molecule has 5 heteroatoms. The minimum atomic E-state index is 0.0329. The third-order valence-electron chi connectivity index (χ3n) is 3.94. The van der Waals surface area contributed by atoms with Crippen LogP contribution in [0.5, 0.6) is 5.75 Å². The van der Waals surface area contributed by atoms with Crippen molar-refractivity contribution in [2.75, 3.05) is 33.4 Å². The third kappa shape index (κ3) is 4.72. The molecule has 0 bridgehead atoms. The Labute approximate surface area is 125 Å². The van der Waals surface area contributed by atoms with Gasteiger partial charge in [-0.1, -0.05) is 18.2 Å². The van der Waals surface area contributed by atoms with Crippen LogP contribution < -0.4 is 10.1 Å². The van der Waals surface area contributed by atoms with E-state index in [9.17, 15) is 4.79 Å². The molecule has 1 saturated heterocycles. The zero-order chi connectivity index (χ0) is 15.1. The number of benzene rings is 1. The molecule has 1 aromatic carbocycles. The van der Waals surface area contributed by atoms with Gasteiger partial charge in [0.15, 0.2) is 0 Å². The maximum Gasteiger partial charge on any atom is 0.234 e. The molecule has 21 heavy (non-hydrogen) atoms. The highest BCUT2D eigenvalue weighted by molar-refractivity contribution is 5.78. The van der Waals surface area contributed by atoms with Crippen LogP contribution in [-0.4, -0.2) is 49.3 Å². The van der Waals surface area contributed by atoms with E-state index in [4.69, 9.17) is 9.84 Å². The van der Waals surface area contributed by atoms with Crippen molar-refractivity contribution < 1.29 is 14.6 Å². The van der Waals surface area contributed by atoms with Gasteiger partial charge in [0.2, 0.25) is 5.91 Å². The number of para-hydroxylation sites is 1. The Kier molecular flexibility index (Phi) is 6.02. The second-order valence-corrected chi connectivity index (χ2v) is 5.49. The van der Waals surface area contributed by atoms with Crippen LogP contribution in [0.2, 0.25) is 0 Å². The summed E-state index contributed by atoms with van der Waals surface area (Å²) in [5.74, 6) is 1.35. The third-order valence-corrected chi connectivity index (χ3v) is 3.94. The lowest BCUT2D eigenvalue weighted by molar-refractivity contribution is -0.122. The molecule has 1 atom stereocenters. The zero-order valence-electron chi connectivity index (χ0n) is 12.5. The summed E-state index contributed by atoms with van der Waals surface area (Å²) in [5, 5.41) is 11.9. The van der Waals surface area contributed by atoms with Gasteiger partial charge in [-0.25, -0.2) is 0 Å². The number of likely N-dealkylation sites (tertiary alicyclic amines) is 1. The normalized spacial score (nSPS) is 18.7. The van der Waals surface area contributed by atoms with E-state index in [-0.39, 0.29) is 12.5 Å². The van der Waals surface area contributed by atoms with Crippen molar-refractivity contribution in [3.8, 4) is 5.75 Å².